The molecular weight excluding hydrogens is 971 g/mol. The van der Waals surface area contributed by atoms with Crippen LogP contribution in [-0.2, 0) is 34.1 Å². The zero-order chi connectivity index (χ0) is 47.2. The van der Waals surface area contributed by atoms with Crippen LogP contribution in [0.5, 0.6) is 0 Å². The molecule has 18 nitrogen and oxygen atoms in total. The van der Waals surface area contributed by atoms with Gasteiger partial charge in [0.25, 0.3) is 0 Å². The van der Waals surface area contributed by atoms with Crippen LogP contribution in [0.3, 0.4) is 0 Å². The monoisotopic (exact) mass is 1010 g/mol. The molecule has 0 fully saturated rings. The van der Waals surface area contributed by atoms with E-state index in [4.69, 9.17) is 47.8 Å². The van der Waals surface area contributed by atoms with E-state index < -0.39 is 20.5 Å². The third-order valence-electron chi connectivity index (χ3n) is 8.58. The van der Waals surface area contributed by atoms with Crippen LogP contribution in [0.15, 0.2) is 86.0 Å². The smallest absolute Gasteiger partial charge is 0.582 e. The van der Waals surface area contributed by atoms with Crippen molar-refractivity contribution in [3.05, 3.63) is 130 Å². The zero-order valence-corrected chi connectivity index (χ0v) is 39.6. The Morgan fingerprint density at radius 1 is 0.438 bits per heavy atom. The van der Waals surface area contributed by atoms with Gasteiger partial charge in [-0.25, -0.2) is 37.3 Å². The Hall–Kier alpha value is -5.22. The molecule has 0 spiro atoms. The molecule has 8 rings (SSSR count). The van der Waals surface area contributed by atoms with E-state index >= 15 is 0 Å². The second kappa shape index (κ2) is 30.0. The van der Waals surface area contributed by atoms with E-state index in [0.29, 0.717) is 0 Å². The number of nitrogens with zero attached hydrogens (tertiary/aromatic N) is 10. The fourth-order valence-corrected chi connectivity index (χ4v) is 5.16. The van der Waals surface area contributed by atoms with E-state index in [-0.39, 0.29) is 34.1 Å². The number of aromatic nitrogens is 8. The molecule has 0 aliphatic rings. The minimum absolute atomic E-state index is 0. The summed E-state index contributed by atoms with van der Waals surface area (Å²) >= 11 is 0. The van der Waals surface area contributed by atoms with E-state index in [9.17, 15) is 0 Å². The van der Waals surface area contributed by atoms with Gasteiger partial charge in [0.2, 0.25) is 0 Å². The van der Waals surface area contributed by atoms with Crippen molar-refractivity contribution in [2.24, 2.45) is 0 Å². The normalized spacial score (nSPS) is 9.75. The number of hydrogen-bond acceptors (Lipinski definition) is 16. The predicted octanol–water partition coefficient (Wildman–Crippen LogP) is -0.346. The van der Waals surface area contributed by atoms with Crippen LogP contribution in [0, 0.1) is 98.5 Å². The van der Waals surface area contributed by atoms with Crippen LogP contribution in [0.1, 0.15) is 58.4 Å². The summed E-state index contributed by atoms with van der Waals surface area (Å²) in [6.07, 6.45) is 14.3. The maximum atomic E-state index is 8.49. The molecule has 2 aromatic carbocycles. The second-order valence-corrected chi connectivity index (χ2v) is 14.1. The number of aryl methyl sites for hydroxylation is 8. The predicted molar refractivity (Wildman–Crippen MR) is 210 cm³/mol. The average Bonchev–Trinajstić information content (AvgIpc) is 3.98. The molecule has 0 atom stereocenters. The van der Waals surface area contributed by atoms with Crippen molar-refractivity contribution >= 4 is 43.6 Å². The molecule has 0 saturated heterocycles. The second-order valence-electron chi connectivity index (χ2n) is 12.6. The van der Waals surface area contributed by atoms with Crippen LogP contribution in [0.4, 0.5) is 0 Å². The van der Waals surface area contributed by atoms with Crippen molar-refractivity contribution in [3.63, 3.8) is 0 Å². The summed E-state index contributed by atoms with van der Waals surface area (Å²) in [6.45, 7) is 19.8. The summed E-state index contributed by atoms with van der Waals surface area (Å²) in [5.41, 5.74) is 14.1. The number of fused-ring (bicyclic) bond motifs is 6. The van der Waals surface area contributed by atoms with Crippen molar-refractivity contribution in [2.45, 2.75) is 69.2 Å². The van der Waals surface area contributed by atoms with Crippen molar-refractivity contribution in [1.82, 2.24) is 40.3 Å². The van der Waals surface area contributed by atoms with Crippen LogP contribution in [-0.4, -0.2) is 30.1 Å². The molecule has 0 amide bonds. The number of rotatable bonds is 0. The molecule has 8 aromatic rings. The summed E-state index contributed by atoms with van der Waals surface area (Å²) in [5.74, 6) is 0. The Labute approximate surface area is 396 Å². The third kappa shape index (κ3) is 21.4. The molecule has 0 aliphatic carbocycles. The molecule has 0 saturated carbocycles. The molecule has 64 heavy (non-hydrogen) atoms. The van der Waals surface area contributed by atoms with Gasteiger partial charge in [0, 0.05) is 72.6 Å². The van der Waals surface area contributed by atoms with Crippen LogP contribution < -0.4 is 47.5 Å². The van der Waals surface area contributed by atoms with Crippen LogP contribution >= 0.6 is 0 Å². The SMILES string of the molecule is CC#N.CC#N.Cc1cnc2c(ccc3c(C)c(C)cnc32)c1C.Cc1cnc2c(ccc3c(C)c(C)cnc32)c1C.[Cu+2].[Cu+2].[O-][Cl+3]([O-])([O-])[O-].[O-][Cl+3]([O-])([O-])[O-].c1cn[n-]c1.c1cn[n-]c1. The maximum Gasteiger partial charge on any atom is 2.00 e. The van der Waals surface area contributed by atoms with E-state index in [1.165, 1.54) is 79.9 Å². The maximum absolute atomic E-state index is 8.49. The van der Waals surface area contributed by atoms with Gasteiger partial charge < -0.3 is 20.4 Å². The molecule has 0 bridgehead atoms. The summed E-state index contributed by atoms with van der Waals surface area (Å²) < 4.78 is 67.9. The van der Waals surface area contributed by atoms with E-state index in [1.54, 1.807) is 49.1 Å². The first-order chi connectivity index (χ1) is 29.0. The molecule has 346 valence electrons. The van der Waals surface area contributed by atoms with E-state index in [1.807, 2.05) is 24.8 Å². The van der Waals surface area contributed by atoms with Gasteiger partial charge in [-0.05, 0) is 99.9 Å². The molecule has 6 heterocycles. The minimum atomic E-state index is -4.94. The van der Waals surface area contributed by atoms with Crippen molar-refractivity contribution in [3.8, 4) is 12.1 Å². The van der Waals surface area contributed by atoms with Gasteiger partial charge in [-0.2, -0.15) is 22.9 Å². The fraction of sp³-hybridized carbons (Fsp3) is 0.238. The number of pyridine rings is 4. The van der Waals surface area contributed by atoms with Crippen LogP contribution in [0.2, 0.25) is 0 Å². The Kier molecular flexibility index (Phi) is 28.5. The first-order valence-corrected chi connectivity index (χ1v) is 20.3. The van der Waals surface area contributed by atoms with Crippen molar-refractivity contribution in [1.29, 1.82) is 10.5 Å². The van der Waals surface area contributed by atoms with Gasteiger partial charge in [0.1, 0.15) is 0 Å². The van der Waals surface area contributed by atoms with Gasteiger partial charge in [-0.3, -0.25) is 19.9 Å². The van der Waals surface area contributed by atoms with E-state index in [0.717, 1.165) is 22.1 Å². The molecule has 6 aromatic heterocycles. The zero-order valence-electron chi connectivity index (χ0n) is 36.2. The molecule has 22 heteroatoms. The molecular formula is C42H44Cl2Cu2N10O8. The van der Waals surface area contributed by atoms with Gasteiger partial charge in [-0.1, -0.05) is 36.4 Å². The minimum Gasteiger partial charge on any atom is -0.582 e. The fourth-order valence-electron chi connectivity index (χ4n) is 5.16. The van der Waals surface area contributed by atoms with Crippen LogP contribution in [0.25, 0.3) is 43.6 Å². The van der Waals surface area contributed by atoms with Gasteiger partial charge in [-0.15, -0.1) is 20.5 Å². The quantitative estimate of drug-likeness (QED) is 0.138. The summed E-state index contributed by atoms with van der Waals surface area (Å²) in [5, 5.41) is 33.4. The van der Waals surface area contributed by atoms with Crippen molar-refractivity contribution < 1.29 is 91.9 Å². The number of nitriles is 2. The van der Waals surface area contributed by atoms with E-state index in [2.05, 4.69) is 120 Å². The van der Waals surface area contributed by atoms with Gasteiger partial charge in [0.15, 0.2) is 0 Å². The topological polar surface area (TPSA) is 338 Å². The standard InChI is InChI=1S/2C16H16N2.2C3H3N2.2C2H3N.2ClHO4.2Cu/c2*1-9-7-17-15-13(11(9)3)5-6-14-12(4)10(2)8-18-16(14)15;2*1-2-4-5-3-1;2*1-2-3;2*2-1(3,4)5;;/h2*5-8H,1-4H3;2*1-3H;2*1H3;2*(H,2,3,4,5);;/q;;2*-1;;;;;2*+2/p-2. The first kappa shape index (κ1) is 60.9. The average molecular weight is 1010 g/mol. The number of hydrogen-bond donors (Lipinski definition) is 0. The van der Waals surface area contributed by atoms with Gasteiger partial charge >= 0.3 is 34.1 Å². The first-order valence-electron chi connectivity index (χ1n) is 17.9. The summed E-state index contributed by atoms with van der Waals surface area (Å²) in [6, 6.07) is 15.7. The number of halogens is 2. The Balaban J connectivity index is 0. The molecule has 0 N–H and O–H groups in total. The van der Waals surface area contributed by atoms with Gasteiger partial charge in [0.05, 0.1) is 34.2 Å². The molecule has 0 unspecified atom stereocenters. The Morgan fingerprint density at radius 3 is 0.750 bits per heavy atom. The number of benzene rings is 2. The molecule has 2 radical (unpaired) electrons. The Morgan fingerprint density at radius 2 is 0.625 bits per heavy atom. The largest absolute Gasteiger partial charge is 2.00 e. The Bertz CT molecular complexity index is 2320. The third-order valence-corrected chi connectivity index (χ3v) is 8.58. The van der Waals surface area contributed by atoms with Crippen molar-refractivity contribution in [2.75, 3.05) is 0 Å². The summed E-state index contributed by atoms with van der Waals surface area (Å²) in [4.78, 5) is 18.3. The summed E-state index contributed by atoms with van der Waals surface area (Å²) in [7, 11) is -9.89. The molecule has 0 aliphatic heterocycles.